The predicted octanol–water partition coefficient (Wildman–Crippen LogP) is -2.28. The van der Waals surface area contributed by atoms with Crippen LogP contribution in [0.25, 0.3) is 0 Å². The molecule has 0 aromatic heterocycles. The van der Waals surface area contributed by atoms with E-state index in [1.807, 2.05) is 6.07 Å². The van der Waals surface area contributed by atoms with Gasteiger partial charge in [0.25, 0.3) is 0 Å². The Morgan fingerprint density at radius 1 is 1.10 bits per heavy atom. The first kappa shape index (κ1) is 10.6. The summed E-state index contributed by atoms with van der Waals surface area (Å²) >= 11 is 0. The topological polar surface area (TPSA) is 40.5 Å². The first-order valence-corrected chi connectivity index (χ1v) is 3.78. The Bertz CT molecular complexity index is 183. The maximum Gasteiger partial charge on any atom is 1.00 e. The second kappa shape index (κ2) is 5.25. The van der Waals surface area contributed by atoms with E-state index in [0.717, 1.165) is 0 Å². The molecule has 0 heterocycles. The van der Waals surface area contributed by atoms with Crippen molar-refractivity contribution in [1.82, 2.24) is 0 Å². The summed E-state index contributed by atoms with van der Waals surface area (Å²) in [6.07, 6.45) is 0. The van der Waals surface area contributed by atoms with E-state index in [-0.39, 0.29) is 31.0 Å². The van der Waals surface area contributed by atoms with Crippen LogP contribution in [-0.4, -0.2) is 9.79 Å². The molecule has 0 unspecified atom stereocenters. The van der Waals surface area contributed by atoms with Crippen LogP contribution in [0.4, 0.5) is 0 Å². The molecule has 0 radical (unpaired) electrons. The van der Waals surface area contributed by atoms with Crippen molar-refractivity contribution in [2.24, 2.45) is 0 Å². The molecule has 2 nitrogen and oxygen atoms in total. The zero-order valence-corrected chi connectivity index (χ0v) is 8.62. The van der Waals surface area contributed by atoms with Gasteiger partial charge in [-0.05, 0) is 12.1 Å². The van der Waals surface area contributed by atoms with E-state index >= 15 is 0 Å². The van der Waals surface area contributed by atoms with E-state index in [0.29, 0.717) is 5.30 Å². The monoisotopic (exact) mass is 166 g/mol. The molecule has 1 rings (SSSR count). The molecule has 0 bridgehead atoms. The van der Waals surface area contributed by atoms with Crippen LogP contribution in [0.3, 0.4) is 0 Å². The molecule has 0 aliphatic rings. The Labute approximate surface area is 84.6 Å². The molecule has 0 saturated carbocycles. The molecule has 0 aliphatic heterocycles. The Morgan fingerprint density at radius 3 is 1.90 bits per heavy atom. The molecule has 50 valence electrons. The summed E-state index contributed by atoms with van der Waals surface area (Å²) in [4.78, 5) is 17.3. The molecule has 0 saturated heterocycles. The van der Waals surface area contributed by atoms with Gasteiger partial charge in [0.05, 0.1) is 0 Å². The maximum atomic E-state index is 8.64. The first-order valence-electron chi connectivity index (χ1n) is 2.53. The summed E-state index contributed by atoms with van der Waals surface area (Å²) in [6, 6.07) is 8.76. The van der Waals surface area contributed by atoms with E-state index in [2.05, 4.69) is 0 Å². The molecule has 4 heteroatoms. The fourth-order valence-electron chi connectivity index (χ4n) is 0.561. The van der Waals surface area contributed by atoms with E-state index in [1.165, 1.54) is 0 Å². The Kier molecular flexibility index (Phi) is 5.55. The zero-order valence-electron chi connectivity index (χ0n) is 6.73. The van der Waals surface area contributed by atoms with Crippen LogP contribution in [0.5, 0.6) is 0 Å². The SMILES string of the molecule is OP(O)c1ccccc1.[H-].[Na+]. The number of rotatable bonds is 1. The molecule has 0 atom stereocenters. The quantitative estimate of drug-likeness (QED) is 0.364. The molecular formula is C6H8NaO2P. The second-order valence-corrected chi connectivity index (χ2v) is 2.72. The van der Waals surface area contributed by atoms with Gasteiger partial charge in [0.2, 0.25) is 0 Å². The van der Waals surface area contributed by atoms with E-state index in [9.17, 15) is 0 Å². The number of hydrogen-bond acceptors (Lipinski definition) is 2. The van der Waals surface area contributed by atoms with Crippen molar-refractivity contribution in [2.45, 2.75) is 0 Å². The van der Waals surface area contributed by atoms with Crippen LogP contribution in [-0.2, 0) is 0 Å². The van der Waals surface area contributed by atoms with Gasteiger partial charge >= 0.3 is 29.6 Å². The second-order valence-electron chi connectivity index (χ2n) is 1.62. The molecule has 0 amide bonds. The van der Waals surface area contributed by atoms with Gasteiger partial charge < -0.3 is 11.2 Å². The molecule has 10 heavy (non-hydrogen) atoms. The van der Waals surface area contributed by atoms with Crippen LogP contribution in [0.1, 0.15) is 1.43 Å². The van der Waals surface area contributed by atoms with Crippen molar-refractivity contribution >= 4 is 13.7 Å². The number of benzene rings is 1. The van der Waals surface area contributed by atoms with Crippen LogP contribution in [0.15, 0.2) is 30.3 Å². The van der Waals surface area contributed by atoms with Crippen molar-refractivity contribution in [3.63, 3.8) is 0 Å². The molecule has 2 N–H and O–H groups in total. The molecule has 0 spiro atoms. The predicted molar refractivity (Wildman–Crippen MR) is 38.5 cm³/mol. The van der Waals surface area contributed by atoms with Crippen molar-refractivity contribution in [2.75, 3.05) is 0 Å². The minimum Gasteiger partial charge on any atom is -1.00 e. The summed E-state index contributed by atoms with van der Waals surface area (Å²) < 4.78 is 0. The summed E-state index contributed by atoms with van der Waals surface area (Å²) in [6.45, 7) is 0. The van der Waals surface area contributed by atoms with Crippen molar-refractivity contribution in [1.29, 1.82) is 0 Å². The van der Waals surface area contributed by atoms with Gasteiger partial charge in [0.1, 0.15) is 0 Å². The summed E-state index contributed by atoms with van der Waals surface area (Å²) in [7, 11) is -1.90. The van der Waals surface area contributed by atoms with Crippen LogP contribution in [0.2, 0.25) is 0 Å². The van der Waals surface area contributed by atoms with Crippen molar-refractivity contribution in [3.05, 3.63) is 30.3 Å². The van der Waals surface area contributed by atoms with E-state index in [4.69, 9.17) is 9.79 Å². The largest absolute Gasteiger partial charge is 1.00 e. The van der Waals surface area contributed by atoms with Gasteiger partial charge in [0, 0.05) is 5.30 Å². The Balaban J connectivity index is 0. The maximum absolute atomic E-state index is 8.64. The van der Waals surface area contributed by atoms with Gasteiger partial charge in [-0.2, -0.15) is 0 Å². The van der Waals surface area contributed by atoms with E-state index in [1.54, 1.807) is 24.3 Å². The standard InChI is InChI=1S/C6H7O2P.Na.H/c7-9(8)6-4-2-1-3-5-6;;/h1-5,7-8H;;/q;+1;-1. The molecule has 1 aromatic rings. The summed E-state index contributed by atoms with van der Waals surface area (Å²) in [5.41, 5.74) is 0. The zero-order chi connectivity index (χ0) is 6.69. The third-order valence-electron chi connectivity index (χ3n) is 0.987. The van der Waals surface area contributed by atoms with Crippen LogP contribution < -0.4 is 34.9 Å². The normalized spacial score (nSPS) is 9.10. The molecular weight excluding hydrogens is 158 g/mol. The smallest absolute Gasteiger partial charge is 1.00 e. The number of hydrogen-bond donors (Lipinski definition) is 2. The van der Waals surface area contributed by atoms with Crippen molar-refractivity contribution in [3.8, 4) is 0 Å². The van der Waals surface area contributed by atoms with Gasteiger partial charge in [-0.15, -0.1) is 0 Å². The minimum absolute atomic E-state index is 0. The molecule has 0 fully saturated rings. The molecule has 1 aromatic carbocycles. The van der Waals surface area contributed by atoms with Gasteiger partial charge in [-0.25, -0.2) is 0 Å². The van der Waals surface area contributed by atoms with Crippen LogP contribution >= 0.6 is 8.38 Å². The average Bonchev–Trinajstić information content (AvgIpc) is 1.90. The van der Waals surface area contributed by atoms with Gasteiger partial charge in [0.15, 0.2) is 8.38 Å². The van der Waals surface area contributed by atoms with Crippen LogP contribution in [0, 0.1) is 0 Å². The molecule has 0 aliphatic carbocycles. The van der Waals surface area contributed by atoms with E-state index < -0.39 is 8.38 Å². The third-order valence-corrected chi connectivity index (χ3v) is 1.75. The van der Waals surface area contributed by atoms with Gasteiger partial charge in [-0.1, -0.05) is 18.2 Å². The summed E-state index contributed by atoms with van der Waals surface area (Å²) in [5, 5.41) is 0.590. The first-order chi connectivity index (χ1) is 4.30. The van der Waals surface area contributed by atoms with Gasteiger partial charge in [-0.3, -0.25) is 0 Å². The fourth-order valence-corrected chi connectivity index (χ4v) is 1.00. The fraction of sp³-hybridized carbons (Fsp3) is 0. The Hall–Kier alpha value is 0.570. The third kappa shape index (κ3) is 3.11. The Morgan fingerprint density at radius 2 is 1.60 bits per heavy atom. The minimum atomic E-state index is -1.90. The average molecular weight is 166 g/mol. The van der Waals surface area contributed by atoms with Crippen molar-refractivity contribution < 1.29 is 40.8 Å². The summed E-state index contributed by atoms with van der Waals surface area (Å²) in [5.74, 6) is 0.